The number of thioether (sulfide) groups is 1. The van der Waals surface area contributed by atoms with Crippen molar-refractivity contribution in [2.24, 2.45) is 16.8 Å². The quantitative estimate of drug-likeness (QED) is 0.449. The molecule has 7 atom stereocenters. The number of hydrogen-bond donors (Lipinski definition) is 4. The first-order chi connectivity index (χ1) is 12.5. The van der Waals surface area contributed by atoms with Crippen molar-refractivity contribution in [2.75, 3.05) is 20.6 Å². The molecular formula is C17H27N3O6S. The van der Waals surface area contributed by atoms with Gasteiger partial charge in [-0.3, -0.25) is 14.6 Å². The van der Waals surface area contributed by atoms with Gasteiger partial charge in [-0.2, -0.15) is 0 Å². The van der Waals surface area contributed by atoms with E-state index in [-0.39, 0.29) is 28.8 Å². The average Bonchev–Trinajstić information content (AvgIpc) is 3.13. The molecule has 9 nitrogen and oxygen atoms in total. The third-order valence-electron chi connectivity index (χ3n) is 5.13. The van der Waals surface area contributed by atoms with Crippen LogP contribution in [0.3, 0.4) is 0 Å². The molecule has 4 N–H and O–H groups in total. The number of aliphatic hydroxyl groups excluding tert-OH is 1. The maximum absolute atomic E-state index is 12.1. The summed E-state index contributed by atoms with van der Waals surface area (Å²) in [6.07, 6.45) is -0.575. The Bertz CT molecular complexity index is 638. The molecule has 10 heteroatoms. The number of nitrogens with one attached hydrogen (secondary N) is 1. The number of hydrogen-bond acceptors (Lipinski definition) is 7. The average molecular weight is 401 g/mol. The van der Waals surface area contributed by atoms with E-state index in [1.54, 1.807) is 21.0 Å². The van der Waals surface area contributed by atoms with E-state index in [2.05, 4.69) is 10.3 Å². The molecule has 152 valence electrons. The van der Waals surface area contributed by atoms with E-state index in [1.807, 2.05) is 0 Å². The predicted octanol–water partition coefficient (Wildman–Crippen LogP) is -0.468. The number of likely N-dealkylation sites (N-methyl/N-ethyl adjacent to an activating group) is 1. The molecule has 2 aliphatic rings. The minimum atomic E-state index is -1.19. The van der Waals surface area contributed by atoms with Crippen molar-refractivity contribution in [1.29, 1.82) is 0 Å². The van der Waals surface area contributed by atoms with E-state index < -0.39 is 35.3 Å². The first-order valence-corrected chi connectivity index (χ1v) is 9.80. The number of aliphatic carboxylic acids is 2. The Morgan fingerprint density at radius 3 is 2.41 bits per heavy atom. The molecule has 1 amide bonds. The van der Waals surface area contributed by atoms with Gasteiger partial charge in [0.2, 0.25) is 5.91 Å². The van der Waals surface area contributed by atoms with Crippen LogP contribution in [0.5, 0.6) is 0 Å². The van der Waals surface area contributed by atoms with Crippen molar-refractivity contribution in [3.63, 3.8) is 0 Å². The lowest BCUT2D eigenvalue weighted by molar-refractivity contribution is -0.146. The van der Waals surface area contributed by atoms with Gasteiger partial charge in [0.25, 0.3) is 0 Å². The van der Waals surface area contributed by atoms with Crippen LogP contribution in [-0.2, 0) is 14.4 Å². The van der Waals surface area contributed by atoms with Crippen molar-refractivity contribution in [3.05, 3.63) is 0 Å². The Kier molecular flexibility index (Phi) is 6.87. The van der Waals surface area contributed by atoms with Gasteiger partial charge in [-0.05, 0) is 19.3 Å². The summed E-state index contributed by atoms with van der Waals surface area (Å²) in [5, 5.41) is 31.5. The zero-order chi connectivity index (χ0) is 20.5. The molecule has 0 aromatic rings. The molecule has 0 aromatic heterocycles. The fourth-order valence-corrected chi connectivity index (χ4v) is 5.31. The van der Waals surface area contributed by atoms with Crippen molar-refractivity contribution < 1.29 is 29.7 Å². The maximum atomic E-state index is 12.1. The van der Waals surface area contributed by atoms with E-state index in [1.165, 1.54) is 23.6 Å². The number of aliphatic hydroxyl groups is 1. The molecule has 27 heavy (non-hydrogen) atoms. The number of carbonyl (C=O) groups is 3. The number of amides is 1. The molecule has 2 aliphatic heterocycles. The molecule has 0 aromatic carbocycles. The van der Waals surface area contributed by atoms with E-state index in [0.717, 1.165) is 0 Å². The summed E-state index contributed by atoms with van der Waals surface area (Å²) in [6.45, 7) is 3.71. The summed E-state index contributed by atoms with van der Waals surface area (Å²) in [5.41, 5.74) is -0.0632. The minimum absolute atomic E-state index is 0.0180. The fourth-order valence-electron chi connectivity index (χ4n) is 3.70. The van der Waals surface area contributed by atoms with Gasteiger partial charge in [0.1, 0.15) is 11.6 Å². The second-order valence-corrected chi connectivity index (χ2v) is 8.83. The Morgan fingerprint density at radius 2 is 1.93 bits per heavy atom. The summed E-state index contributed by atoms with van der Waals surface area (Å²) in [7, 11) is 3.37. The summed E-state index contributed by atoms with van der Waals surface area (Å²) in [5.74, 6) is -3.92. The summed E-state index contributed by atoms with van der Waals surface area (Å²) < 4.78 is 0. The van der Waals surface area contributed by atoms with E-state index in [0.29, 0.717) is 13.0 Å². The lowest BCUT2D eigenvalue weighted by Gasteiger charge is -2.27. The monoisotopic (exact) mass is 401 g/mol. The highest BCUT2D eigenvalue weighted by atomic mass is 32.2. The molecule has 1 saturated heterocycles. The number of carboxylic acid groups (broad SMARTS) is 2. The lowest BCUT2D eigenvalue weighted by atomic mass is 9.86. The molecule has 2 heterocycles. The SMILES string of the molecule is CC(O)C(C(=O)O)C1N=C(C(=O)O)C(S[C@@H]2CN[C@H](C(=O)N(C)C)C2)C1C. The van der Waals surface area contributed by atoms with Crippen LogP contribution >= 0.6 is 11.8 Å². The topological polar surface area (TPSA) is 140 Å². The smallest absolute Gasteiger partial charge is 0.350 e. The van der Waals surface area contributed by atoms with Gasteiger partial charge in [-0.15, -0.1) is 11.8 Å². The summed E-state index contributed by atoms with van der Waals surface area (Å²) >= 11 is 1.42. The standard InChI is InChI=1S/C17H27N3O6S/c1-7-12(11(8(2)21)16(23)24)19-13(17(25)26)14(7)27-9-5-10(18-6-9)15(22)20(3)4/h7-12,14,18,21H,5-6H2,1-4H3,(H,23,24)(H,25,26)/t7?,8?,9-,10-,11?,12?,14?/m0/s1. The Morgan fingerprint density at radius 1 is 1.30 bits per heavy atom. The fraction of sp³-hybridized carbons (Fsp3) is 0.765. The van der Waals surface area contributed by atoms with Crippen LogP contribution in [0.1, 0.15) is 20.3 Å². The van der Waals surface area contributed by atoms with E-state index in [9.17, 15) is 29.7 Å². The number of rotatable bonds is 7. The molecule has 0 aliphatic carbocycles. The third kappa shape index (κ3) is 4.61. The first kappa shape index (κ1) is 21.6. The van der Waals surface area contributed by atoms with Crippen molar-refractivity contribution >= 4 is 35.3 Å². The molecule has 5 unspecified atom stereocenters. The Balaban J connectivity index is 2.15. The predicted molar refractivity (Wildman–Crippen MR) is 101 cm³/mol. The molecular weight excluding hydrogens is 374 g/mol. The van der Waals surface area contributed by atoms with Gasteiger partial charge in [0.05, 0.1) is 23.4 Å². The van der Waals surface area contributed by atoms with Crippen LogP contribution in [0.15, 0.2) is 4.99 Å². The highest BCUT2D eigenvalue weighted by Gasteiger charge is 2.48. The van der Waals surface area contributed by atoms with Crippen LogP contribution in [0.2, 0.25) is 0 Å². The lowest BCUT2D eigenvalue weighted by Crippen LogP contribution is -2.40. The Labute approximate surface area is 162 Å². The van der Waals surface area contributed by atoms with E-state index >= 15 is 0 Å². The zero-order valence-corrected chi connectivity index (χ0v) is 16.6. The zero-order valence-electron chi connectivity index (χ0n) is 15.8. The summed E-state index contributed by atoms with van der Waals surface area (Å²) in [6, 6.07) is -1.11. The van der Waals surface area contributed by atoms with Crippen LogP contribution in [0.4, 0.5) is 0 Å². The molecule has 0 radical (unpaired) electrons. The van der Waals surface area contributed by atoms with Gasteiger partial charge < -0.3 is 25.5 Å². The van der Waals surface area contributed by atoms with Crippen molar-refractivity contribution in [3.8, 4) is 0 Å². The highest BCUT2D eigenvalue weighted by molar-refractivity contribution is 8.01. The number of aliphatic imine (C=N–C) groups is 1. The second kappa shape index (κ2) is 8.57. The van der Waals surface area contributed by atoms with Gasteiger partial charge in [-0.1, -0.05) is 6.92 Å². The number of carbonyl (C=O) groups excluding carboxylic acids is 1. The van der Waals surface area contributed by atoms with E-state index in [4.69, 9.17) is 0 Å². The van der Waals surface area contributed by atoms with Crippen LogP contribution in [-0.4, -0.2) is 93.1 Å². The highest BCUT2D eigenvalue weighted by Crippen LogP contribution is 2.39. The summed E-state index contributed by atoms with van der Waals surface area (Å²) in [4.78, 5) is 41.0. The van der Waals surface area contributed by atoms with Gasteiger partial charge in [0, 0.05) is 25.9 Å². The van der Waals surface area contributed by atoms with Crippen molar-refractivity contribution in [2.45, 2.75) is 49.0 Å². The third-order valence-corrected chi connectivity index (χ3v) is 6.82. The molecule has 2 rings (SSSR count). The first-order valence-electron chi connectivity index (χ1n) is 8.86. The molecule has 0 spiro atoms. The molecule has 0 saturated carbocycles. The molecule has 0 bridgehead atoms. The van der Waals surface area contributed by atoms with Crippen molar-refractivity contribution in [1.82, 2.24) is 10.2 Å². The number of carboxylic acids is 2. The van der Waals surface area contributed by atoms with Crippen LogP contribution in [0, 0.1) is 11.8 Å². The minimum Gasteiger partial charge on any atom is -0.481 e. The van der Waals surface area contributed by atoms with Crippen LogP contribution in [0.25, 0.3) is 0 Å². The van der Waals surface area contributed by atoms with Gasteiger partial charge in [-0.25, -0.2) is 4.79 Å². The van der Waals surface area contributed by atoms with Gasteiger partial charge >= 0.3 is 11.9 Å². The van der Waals surface area contributed by atoms with Crippen LogP contribution < -0.4 is 5.32 Å². The Hall–Kier alpha value is -1.65. The normalized spacial score (nSPS) is 32.6. The molecule has 1 fully saturated rings. The number of nitrogens with zero attached hydrogens (tertiary/aromatic N) is 2. The maximum Gasteiger partial charge on any atom is 0.350 e. The van der Waals surface area contributed by atoms with Gasteiger partial charge in [0.15, 0.2) is 0 Å². The largest absolute Gasteiger partial charge is 0.481 e. The second-order valence-electron chi connectivity index (χ2n) is 7.38.